The topological polar surface area (TPSA) is 129 Å². The highest BCUT2D eigenvalue weighted by atomic mass is 16.8. The molecule has 158 valence electrons. The monoisotopic (exact) mass is 414 g/mol. The molecular weight excluding hydrogens is 392 g/mol. The van der Waals surface area contributed by atoms with Gasteiger partial charge in [0.15, 0.2) is 11.5 Å². The number of quaternary nitrogens is 1. The molecule has 0 spiro atoms. The first-order valence-electron chi connectivity index (χ1n) is 9.83. The van der Waals surface area contributed by atoms with Crippen LogP contribution in [0, 0.1) is 5.21 Å². The molecule has 2 saturated heterocycles. The molecule has 1 aromatic carbocycles. The van der Waals surface area contributed by atoms with Crippen LogP contribution in [0.2, 0.25) is 0 Å². The van der Waals surface area contributed by atoms with Gasteiger partial charge in [0, 0.05) is 32.2 Å². The molecule has 2 aliphatic rings. The maximum Gasteiger partial charge on any atom is 0.259 e. The Hall–Kier alpha value is -2.90. The van der Waals surface area contributed by atoms with Crippen molar-refractivity contribution in [2.24, 2.45) is 0 Å². The third-order valence-electron chi connectivity index (χ3n) is 5.17. The SMILES string of the molecule is [O-][NH+](O)c1ccccc1-c1nc2nc(N3CCOCC3)nc(N3CCOCC3)n2n1. The van der Waals surface area contributed by atoms with Crippen molar-refractivity contribution in [3.63, 3.8) is 0 Å². The molecule has 0 amide bonds. The van der Waals surface area contributed by atoms with Gasteiger partial charge in [0.25, 0.3) is 5.78 Å². The number of nitrogens with zero attached hydrogens (tertiary/aromatic N) is 7. The van der Waals surface area contributed by atoms with Crippen LogP contribution in [0.3, 0.4) is 0 Å². The number of rotatable bonds is 4. The lowest BCUT2D eigenvalue weighted by molar-refractivity contribution is -0.991. The lowest BCUT2D eigenvalue weighted by Crippen LogP contribution is -2.99. The maximum atomic E-state index is 11.7. The van der Waals surface area contributed by atoms with Crippen LogP contribution in [0.1, 0.15) is 0 Å². The summed E-state index contributed by atoms with van der Waals surface area (Å²) in [7, 11) is 0. The second-order valence-electron chi connectivity index (χ2n) is 7.02. The van der Waals surface area contributed by atoms with Crippen molar-refractivity contribution in [1.29, 1.82) is 0 Å². The van der Waals surface area contributed by atoms with Gasteiger partial charge in [-0.15, -0.1) is 5.10 Å². The zero-order valence-electron chi connectivity index (χ0n) is 16.3. The molecule has 1 unspecified atom stereocenters. The van der Waals surface area contributed by atoms with Gasteiger partial charge in [0.05, 0.1) is 32.0 Å². The number of nitrogens with one attached hydrogen (secondary N) is 1. The van der Waals surface area contributed by atoms with Gasteiger partial charge >= 0.3 is 0 Å². The minimum absolute atomic E-state index is 0.141. The summed E-state index contributed by atoms with van der Waals surface area (Å²) < 4.78 is 12.5. The first kappa shape index (κ1) is 19.1. The van der Waals surface area contributed by atoms with Gasteiger partial charge in [-0.1, -0.05) is 12.1 Å². The van der Waals surface area contributed by atoms with Crippen LogP contribution >= 0.6 is 0 Å². The van der Waals surface area contributed by atoms with Crippen LogP contribution in [0.4, 0.5) is 17.6 Å². The van der Waals surface area contributed by atoms with E-state index in [1.165, 1.54) is 6.07 Å². The summed E-state index contributed by atoms with van der Waals surface area (Å²) in [6.07, 6.45) is 0. The van der Waals surface area contributed by atoms with E-state index >= 15 is 0 Å². The highest BCUT2D eigenvalue weighted by Crippen LogP contribution is 2.25. The maximum absolute atomic E-state index is 11.7. The summed E-state index contributed by atoms with van der Waals surface area (Å²) in [4.78, 5) is 18.1. The normalized spacial score (nSPS) is 18.7. The highest BCUT2D eigenvalue weighted by molar-refractivity contribution is 5.69. The Morgan fingerprint density at radius 1 is 0.900 bits per heavy atom. The molecule has 0 saturated carbocycles. The van der Waals surface area contributed by atoms with Gasteiger partial charge in [-0.25, -0.2) is 5.21 Å². The summed E-state index contributed by atoms with van der Waals surface area (Å²) >= 11 is 0. The predicted molar refractivity (Wildman–Crippen MR) is 106 cm³/mol. The van der Waals surface area contributed by atoms with Gasteiger partial charge in [0.2, 0.25) is 11.9 Å². The van der Waals surface area contributed by atoms with E-state index in [0.717, 1.165) is 0 Å². The molecule has 0 bridgehead atoms. The van der Waals surface area contributed by atoms with Gasteiger partial charge in [-0.05, 0) is 6.07 Å². The number of fused-ring (bicyclic) bond motifs is 1. The second-order valence-corrected chi connectivity index (χ2v) is 7.02. The van der Waals surface area contributed by atoms with E-state index in [4.69, 9.17) is 14.5 Å². The van der Waals surface area contributed by atoms with Crippen molar-refractivity contribution in [2.45, 2.75) is 0 Å². The Labute approximate surface area is 171 Å². The molecule has 5 rings (SSSR count). The third-order valence-corrected chi connectivity index (χ3v) is 5.17. The Balaban J connectivity index is 1.64. The standard InChI is InChI=1S/C18H22N8O4/c27-26(28)14-4-2-1-3-13(14)15-19-17-20-16(23-5-9-29-10-6-23)21-18(25(17)22-15)24-7-11-30-12-8-24/h1-4,26-27H,5-12H2. The average molecular weight is 414 g/mol. The first-order chi connectivity index (χ1) is 14.7. The molecule has 4 heterocycles. The molecular formula is C18H22N8O4. The van der Waals surface area contributed by atoms with Gasteiger partial charge in [0.1, 0.15) is 0 Å². The minimum atomic E-state index is -1.03. The van der Waals surface area contributed by atoms with E-state index in [1.807, 2.05) is 0 Å². The lowest BCUT2D eigenvalue weighted by Gasteiger charge is -2.30. The Morgan fingerprint density at radius 3 is 2.27 bits per heavy atom. The number of benzene rings is 1. The summed E-state index contributed by atoms with van der Waals surface area (Å²) in [5.74, 6) is 1.87. The molecule has 0 aliphatic carbocycles. The van der Waals surface area contributed by atoms with E-state index in [0.29, 0.717) is 81.7 Å². The molecule has 12 heteroatoms. The second kappa shape index (κ2) is 8.08. The summed E-state index contributed by atoms with van der Waals surface area (Å²) in [5.41, 5.74) is 0.582. The highest BCUT2D eigenvalue weighted by Gasteiger charge is 2.24. The van der Waals surface area contributed by atoms with E-state index < -0.39 is 5.23 Å². The third kappa shape index (κ3) is 3.55. The number of aromatic nitrogens is 5. The fraction of sp³-hybridized carbons (Fsp3) is 0.444. The van der Waals surface area contributed by atoms with Crippen LogP contribution in [-0.4, -0.2) is 82.4 Å². The molecule has 2 aromatic heterocycles. The summed E-state index contributed by atoms with van der Waals surface area (Å²) in [6, 6.07) is 6.68. The molecule has 0 radical (unpaired) electrons. The van der Waals surface area contributed by atoms with Crippen molar-refractivity contribution in [3.05, 3.63) is 29.5 Å². The van der Waals surface area contributed by atoms with Gasteiger partial charge in [-0.3, -0.25) is 0 Å². The quantitative estimate of drug-likeness (QED) is 0.527. The zero-order chi connectivity index (χ0) is 20.5. The van der Waals surface area contributed by atoms with E-state index in [9.17, 15) is 10.4 Å². The summed E-state index contributed by atoms with van der Waals surface area (Å²) in [5, 5.41) is 24.7. The predicted octanol–water partition coefficient (Wildman–Crippen LogP) is -0.737. The smallest absolute Gasteiger partial charge is 0.259 e. The lowest BCUT2D eigenvalue weighted by atomic mass is 10.2. The molecule has 2 aliphatic heterocycles. The van der Waals surface area contributed by atoms with Crippen molar-refractivity contribution in [3.8, 4) is 11.4 Å². The Bertz CT molecular complexity index is 1030. The van der Waals surface area contributed by atoms with Crippen molar-refractivity contribution in [1.82, 2.24) is 24.6 Å². The number of morpholine rings is 2. The molecule has 30 heavy (non-hydrogen) atoms. The van der Waals surface area contributed by atoms with Crippen LogP contribution in [0.25, 0.3) is 17.2 Å². The van der Waals surface area contributed by atoms with Gasteiger partial charge in [-0.2, -0.15) is 24.7 Å². The number of hydrogen-bond donors (Lipinski definition) is 2. The minimum Gasteiger partial charge on any atom is -0.595 e. The van der Waals surface area contributed by atoms with E-state index in [-0.39, 0.29) is 5.69 Å². The van der Waals surface area contributed by atoms with Crippen LogP contribution < -0.4 is 15.0 Å². The first-order valence-corrected chi connectivity index (χ1v) is 9.83. The molecule has 2 fully saturated rings. The van der Waals surface area contributed by atoms with E-state index in [1.54, 1.807) is 22.7 Å². The number of ether oxygens (including phenoxy) is 2. The van der Waals surface area contributed by atoms with Crippen molar-refractivity contribution >= 4 is 23.4 Å². The number of hydrogen-bond acceptors (Lipinski definition) is 10. The zero-order valence-corrected chi connectivity index (χ0v) is 16.3. The summed E-state index contributed by atoms with van der Waals surface area (Å²) in [6.45, 7) is 5.18. The van der Waals surface area contributed by atoms with Gasteiger partial charge < -0.3 is 24.5 Å². The number of para-hydroxylation sites is 1. The Kier molecular flexibility index (Phi) is 5.14. The molecule has 3 aromatic rings. The fourth-order valence-electron chi connectivity index (χ4n) is 3.61. The Morgan fingerprint density at radius 2 is 1.57 bits per heavy atom. The molecule has 12 nitrogen and oxygen atoms in total. The van der Waals surface area contributed by atoms with Crippen LogP contribution in [0.15, 0.2) is 24.3 Å². The molecule has 2 N–H and O–H groups in total. The fourth-order valence-corrected chi connectivity index (χ4v) is 3.61. The van der Waals surface area contributed by atoms with E-state index in [2.05, 4.69) is 24.9 Å². The van der Waals surface area contributed by atoms with Crippen LogP contribution in [0.5, 0.6) is 0 Å². The van der Waals surface area contributed by atoms with Crippen LogP contribution in [-0.2, 0) is 9.47 Å². The van der Waals surface area contributed by atoms with Crippen molar-refractivity contribution < 1.29 is 19.9 Å². The molecule has 1 atom stereocenters. The van der Waals surface area contributed by atoms with Crippen molar-refractivity contribution in [2.75, 3.05) is 62.4 Å². The largest absolute Gasteiger partial charge is 0.595 e. The average Bonchev–Trinajstić information content (AvgIpc) is 3.24. The number of anilines is 2.